The number of halogens is 2. The first-order valence-corrected chi connectivity index (χ1v) is 10.9. The number of fused-ring (bicyclic) bond motifs is 2. The molecule has 4 rings (SSSR count). The summed E-state index contributed by atoms with van der Waals surface area (Å²) in [4.78, 5) is 11.4. The molecule has 2 atom stereocenters. The summed E-state index contributed by atoms with van der Waals surface area (Å²) in [5, 5.41) is 16.3. The van der Waals surface area contributed by atoms with Crippen molar-refractivity contribution in [1.29, 1.82) is 0 Å². The van der Waals surface area contributed by atoms with E-state index in [0.29, 0.717) is 30.9 Å². The van der Waals surface area contributed by atoms with Crippen LogP contribution in [0.5, 0.6) is 5.75 Å². The van der Waals surface area contributed by atoms with Crippen LogP contribution in [0.1, 0.15) is 24.0 Å². The molecular weight excluding hydrogens is 451 g/mol. The molecule has 2 aromatic rings. The molecule has 2 unspecified atom stereocenters. The van der Waals surface area contributed by atoms with Crippen LogP contribution in [0.4, 0.5) is 4.39 Å². The summed E-state index contributed by atoms with van der Waals surface area (Å²) >= 11 is 3.37. The van der Waals surface area contributed by atoms with Crippen molar-refractivity contribution in [2.75, 3.05) is 19.7 Å². The summed E-state index contributed by atoms with van der Waals surface area (Å²) in [6, 6.07) is 12.7. The second-order valence-corrected chi connectivity index (χ2v) is 8.66. The first-order valence-electron chi connectivity index (χ1n) is 10.1. The van der Waals surface area contributed by atoms with Gasteiger partial charge in [0.2, 0.25) is 0 Å². The third-order valence-electron chi connectivity index (χ3n) is 5.79. The van der Waals surface area contributed by atoms with Gasteiger partial charge in [-0.25, -0.2) is 9.18 Å². The van der Waals surface area contributed by atoms with E-state index in [2.05, 4.69) is 50.8 Å². The van der Waals surface area contributed by atoms with Crippen LogP contribution in [0.15, 0.2) is 58.6 Å². The van der Waals surface area contributed by atoms with E-state index in [1.807, 2.05) is 6.08 Å². The molecule has 5 nitrogen and oxygen atoms in total. The van der Waals surface area contributed by atoms with E-state index in [1.165, 1.54) is 17.7 Å². The topological polar surface area (TPSA) is 70.6 Å². The smallest absolute Gasteiger partial charge is 0.332 e. The summed E-state index contributed by atoms with van der Waals surface area (Å²) in [6.45, 7) is 1.89. The molecule has 0 aliphatic carbocycles. The molecule has 1 saturated heterocycles. The molecule has 0 radical (unpaired) electrons. The van der Waals surface area contributed by atoms with Gasteiger partial charge >= 0.3 is 5.97 Å². The summed E-state index contributed by atoms with van der Waals surface area (Å²) in [5.41, 5.74) is 2.53. The fourth-order valence-electron chi connectivity index (χ4n) is 4.19. The maximum absolute atomic E-state index is 13.3. The minimum Gasteiger partial charge on any atom is -0.492 e. The monoisotopic (exact) mass is 474 g/mol. The number of hydrogen-bond acceptors (Lipinski definition) is 4. The molecule has 3 N–H and O–H groups in total. The lowest BCUT2D eigenvalue weighted by Crippen LogP contribution is -2.64. The molecule has 158 valence electrons. The van der Waals surface area contributed by atoms with Crippen LogP contribution in [0.25, 0.3) is 0 Å². The highest BCUT2D eigenvalue weighted by atomic mass is 79.9. The average Bonchev–Trinajstić information content (AvgIpc) is 2.74. The van der Waals surface area contributed by atoms with E-state index in [0.717, 1.165) is 29.4 Å². The fourth-order valence-corrected chi connectivity index (χ4v) is 4.55. The van der Waals surface area contributed by atoms with Gasteiger partial charge in [0.1, 0.15) is 11.6 Å². The molecule has 2 aromatic carbocycles. The van der Waals surface area contributed by atoms with Gasteiger partial charge in [-0.2, -0.15) is 0 Å². The Morgan fingerprint density at radius 3 is 2.83 bits per heavy atom. The SMILES string of the molecule is O=C(O)C1=CCC2(c3ccc(CCCOc4cc(F)ccc4Br)cc3)CNCC1N2. The predicted molar refractivity (Wildman–Crippen MR) is 116 cm³/mol. The maximum Gasteiger partial charge on any atom is 0.332 e. The van der Waals surface area contributed by atoms with Crippen molar-refractivity contribution < 1.29 is 19.0 Å². The zero-order chi connectivity index (χ0) is 21.1. The summed E-state index contributed by atoms with van der Waals surface area (Å²) < 4.78 is 19.7. The van der Waals surface area contributed by atoms with Crippen molar-refractivity contribution >= 4 is 21.9 Å². The van der Waals surface area contributed by atoms with Crippen LogP contribution in [-0.2, 0) is 16.8 Å². The van der Waals surface area contributed by atoms with Gasteiger partial charge in [-0.1, -0.05) is 30.3 Å². The number of hydrogen-bond donors (Lipinski definition) is 3. The van der Waals surface area contributed by atoms with Crippen LogP contribution in [0.3, 0.4) is 0 Å². The minimum atomic E-state index is -0.854. The molecule has 2 aliphatic heterocycles. The van der Waals surface area contributed by atoms with E-state index in [9.17, 15) is 14.3 Å². The molecule has 2 heterocycles. The van der Waals surface area contributed by atoms with Crippen molar-refractivity contribution in [3.63, 3.8) is 0 Å². The predicted octanol–water partition coefficient (Wildman–Crippen LogP) is 3.77. The highest BCUT2D eigenvalue weighted by molar-refractivity contribution is 9.10. The van der Waals surface area contributed by atoms with Crippen molar-refractivity contribution in [1.82, 2.24) is 10.6 Å². The standard InChI is InChI=1S/C23H24BrFN2O3/c24-19-8-7-17(25)12-21(19)30-11-1-2-15-3-5-16(6-4-15)23-10-9-18(22(28)29)20(27-23)13-26-14-23/h3-9,12,20,26-27H,1-2,10-11,13-14H2,(H,28,29). The number of piperazine rings is 1. The first kappa shape index (κ1) is 21.0. The van der Waals surface area contributed by atoms with Crippen LogP contribution >= 0.6 is 15.9 Å². The van der Waals surface area contributed by atoms with Crippen LogP contribution in [0, 0.1) is 5.82 Å². The number of aryl methyl sites for hydroxylation is 1. The normalized spacial score (nSPS) is 23.0. The van der Waals surface area contributed by atoms with Crippen LogP contribution < -0.4 is 15.4 Å². The first-order chi connectivity index (χ1) is 14.5. The van der Waals surface area contributed by atoms with E-state index in [4.69, 9.17) is 4.74 Å². The average molecular weight is 475 g/mol. The van der Waals surface area contributed by atoms with E-state index in [-0.39, 0.29) is 17.4 Å². The Balaban J connectivity index is 1.35. The number of benzene rings is 2. The Bertz CT molecular complexity index is 963. The Hall–Kier alpha value is -2.22. The van der Waals surface area contributed by atoms with E-state index < -0.39 is 5.97 Å². The van der Waals surface area contributed by atoms with Gasteiger partial charge in [0.25, 0.3) is 0 Å². The van der Waals surface area contributed by atoms with Gasteiger partial charge in [-0.05, 0) is 58.5 Å². The summed E-state index contributed by atoms with van der Waals surface area (Å²) in [6.07, 6.45) is 4.19. The second-order valence-electron chi connectivity index (χ2n) is 7.80. The van der Waals surface area contributed by atoms with Crippen molar-refractivity contribution in [2.24, 2.45) is 0 Å². The van der Waals surface area contributed by atoms with E-state index >= 15 is 0 Å². The van der Waals surface area contributed by atoms with Gasteiger partial charge in [-0.15, -0.1) is 0 Å². The number of nitrogens with one attached hydrogen (secondary N) is 2. The molecule has 2 bridgehead atoms. The lowest BCUT2D eigenvalue weighted by Gasteiger charge is -2.46. The third-order valence-corrected chi connectivity index (χ3v) is 6.44. The summed E-state index contributed by atoms with van der Waals surface area (Å²) in [7, 11) is 0. The molecular formula is C23H24BrFN2O3. The van der Waals surface area contributed by atoms with Gasteiger partial charge in [0.05, 0.1) is 28.2 Å². The van der Waals surface area contributed by atoms with Gasteiger partial charge in [0.15, 0.2) is 0 Å². The van der Waals surface area contributed by atoms with E-state index in [1.54, 1.807) is 6.07 Å². The highest BCUT2D eigenvalue weighted by Crippen LogP contribution is 2.33. The lowest BCUT2D eigenvalue weighted by molar-refractivity contribution is -0.133. The van der Waals surface area contributed by atoms with Crippen LogP contribution in [0.2, 0.25) is 0 Å². The largest absolute Gasteiger partial charge is 0.492 e. The molecule has 2 aliphatic rings. The lowest BCUT2D eigenvalue weighted by atomic mass is 9.78. The third kappa shape index (κ3) is 4.43. The molecule has 0 saturated carbocycles. The number of carboxylic acid groups (broad SMARTS) is 1. The van der Waals surface area contributed by atoms with Crippen molar-refractivity contribution in [2.45, 2.75) is 30.8 Å². The Morgan fingerprint density at radius 2 is 2.07 bits per heavy atom. The quantitative estimate of drug-likeness (QED) is 0.532. The Morgan fingerprint density at radius 1 is 1.27 bits per heavy atom. The zero-order valence-corrected chi connectivity index (χ0v) is 18.0. The number of carbonyl (C=O) groups is 1. The van der Waals surface area contributed by atoms with Gasteiger partial charge < -0.3 is 15.2 Å². The number of rotatable bonds is 7. The number of ether oxygens (including phenoxy) is 1. The Labute approximate surface area is 183 Å². The maximum atomic E-state index is 13.3. The minimum absolute atomic E-state index is 0.177. The molecule has 30 heavy (non-hydrogen) atoms. The van der Waals surface area contributed by atoms with Crippen molar-refractivity contribution in [3.8, 4) is 5.75 Å². The zero-order valence-electron chi connectivity index (χ0n) is 16.5. The van der Waals surface area contributed by atoms with Gasteiger partial charge in [-0.3, -0.25) is 5.32 Å². The van der Waals surface area contributed by atoms with Crippen molar-refractivity contribution in [3.05, 3.63) is 75.5 Å². The fraction of sp³-hybridized carbons (Fsp3) is 0.348. The highest BCUT2D eigenvalue weighted by Gasteiger charge is 2.42. The molecule has 0 spiro atoms. The molecule has 7 heteroatoms. The molecule has 1 fully saturated rings. The number of aliphatic carboxylic acids is 1. The summed E-state index contributed by atoms with van der Waals surface area (Å²) in [5.74, 6) is -0.655. The van der Waals surface area contributed by atoms with Crippen LogP contribution in [-0.4, -0.2) is 36.8 Å². The second kappa shape index (κ2) is 8.88. The Kier molecular flexibility index (Phi) is 6.22. The molecule has 0 amide bonds. The number of carboxylic acids is 1. The molecule has 0 aromatic heterocycles. The van der Waals surface area contributed by atoms with Gasteiger partial charge in [0, 0.05) is 19.2 Å².